The summed E-state index contributed by atoms with van der Waals surface area (Å²) in [5.74, 6) is 0.836. The summed E-state index contributed by atoms with van der Waals surface area (Å²) >= 11 is 5.19. The van der Waals surface area contributed by atoms with E-state index < -0.39 is 0 Å². The number of imidazole rings is 1. The van der Waals surface area contributed by atoms with Crippen LogP contribution >= 0.6 is 27.7 Å². The molecular formula is C19H17BrN2S. The molecule has 0 unspecified atom stereocenters. The molecule has 2 aromatic carbocycles. The summed E-state index contributed by atoms with van der Waals surface area (Å²) in [6.45, 7) is 5.93. The summed E-state index contributed by atoms with van der Waals surface area (Å²) < 4.78 is 3.30. The van der Waals surface area contributed by atoms with Gasteiger partial charge in [0.05, 0.1) is 17.6 Å². The van der Waals surface area contributed by atoms with Crippen LogP contribution < -0.4 is 0 Å². The van der Waals surface area contributed by atoms with Gasteiger partial charge in [-0.2, -0.15) is 0 Å². The molecule has 0 aliphatic carbocycles. The monoisotopic (exact) mass is 384 g/mol. The number of para-hydroxylation sites is 1. The average Bonchev–Trinajstić information content (AvgIpc) is 2.98. The van der Waals surface area contributed by atoms with Crippen molar-refractivity contribution in [3.8, 4) is 16.9 Å². The first-order valence-corrected chi connectivity index (χ1v) is 9.12. The molecule has 3 rings (SSSR count). The Bertz CT molecular complexity index is 822. The van der Waals surface area contributed by atoms with E-state index in [1.807, 2.05) is 12.3 Å². The molecule has 0 fully saturated rings. The van der Waals surface area contributed by atoms with E-state index in [9.17, 15) is 0 Å². The first kappa shape index (κ1) is 16.1. The second-order valence-electron chi connectivity index (χ2n) is 5.15. The number of hydrogen-bond acceptors (Lipinski definition) is 2. The maximum Gasteiger partial charge on any atom is 0.173 e. The van der Waals surface area contributed by atoms with Crippen molar-refractivity contribution in [1.82, 2.24) is 9.55 Å². The predicted molar refractivity (Wildman–Crippen MR) is 102 cm³/mol. The molecule has 1 aromatic heterocycles. The maximum atomic E-state index is 4.64. The van der Waals surface area contributed by atoms with Crippen molar-refractivity contribution in [1.29, 1.82) is 0 Å². The van der Waals surface area contributed by atoms with Crippen LogP contribution in [0, 0.1) is 6.92 Å². The lowest BCUT2D eigenvalue weighted by Gasteiger charge is -2.14. The minimum absolute atomic E-state index is 0.836. The van der Waals surface area contributed by atoms with Crippen LogP contribution in [0.1, 0.15) is 5.56 Å². The number of halogens is 1. The lowest BCUT2D eigenvalue weighted by atomic mass is 10.1. The molecule has 0 spiro atoms. The summed E-state index contributed by atoms with van der Waals surface area (Å²) in [6, 6.07) is 16.7. The summed E-state index contributed by atoms with van der Waals surface area (Å²) in [5.41, 5.74) is 4.63. The molecule has 2 nitrogen and oxygen atoms in total. The molecule has 0 radical (unpaired) electrons. The second kappa shape index (κ2) is 7.20. The average molecular weight is 385 g/mol. The maximum absolute atomic E-state index is 4.64. The van der Waals surface area contributed by atoms with Crippen LogP contribution in [0.25, 0.3) is 16.9 Å². The van der Waals surface area contributed by atoms with Gasteiger partial charge in [-0.15, -0.1) is 6.58 Å². The van der Waals surface area contributed by atoms with E-state index in [0.29, 0.717) is 0 Å². The summed E-state index contributed by atoms with van der Waals surface area (Å²) in [6.07, 6.45) is 3.85. The molecule has 0 atom stereocenters. The first-order chi connectivity index (χ1) is 11.2. The Morgan fingerprint density at radius 2 is 1.91 bits per heavy atom. The Morgan fingerprint density at radius 1 is 1.17 bits per heavy atom. The molecule has 0 amide bonds. The van der Waals surface area contributed by atoms with Gasteiger partial charge in [0.2, 0.25) is 0 Å². The first-order valence-electron chi connectivity index (χ1n) is 7.34. The van der Waals surface area contributed by atoms with Gasteiger partial charge in [-0.3, -0.25) is 4.57 Å². The molecule has 4 heteroatoms. The van der Waals surface area contributed by atoms with Crippen molar-refractivity contribution >= 4 is 27.7 Å². The molecule has 23 heavy (non-hydrogen) atoms. The fourth-order valence-electron chi connectivity index (χ4n) is 2.44. The van der Waals surface area contributed by atoms with E-state index in [0.717, 1.165) is 32.3 Å². The quantitative estimate of drug-likeness (QED) is 0.403. The number of hydrogen-bond donors (Lipinski definition) is 0. The molecule has 0 bridgehead atoms. The van der Waals surface area contributed by atoms with Gasteiger partial charge in [-0.05, 0) is 30.7 Å². The van der Waals surface area contributed by atoms with Crippen molar-refractivity contribution in [3.63, 3.8) is 0 Å². The normalized spacial score (nSPS) is 10.7. The minimum Gasteiger partial charge on any atom is -0.287 e. The van der Waals surface area contributed by atoms with Crippen LogP contribution in [0.2, 0.25) is 0 Å². The van der Waals surface area contributed by atoms with Gasteiger partial charge in [-0.1, -0.05) is 64.1 Å². The lowest BCUT2D eigenvalue weighted by Crippen LogP contribution is -2.01. The summed E-state index contributed by atoms with van der Waals surface area (Å²) in [4.78, 5) is 4.64. The number of aryl methyl sites for hydroxylation is 1. The fraction of sp³-hybridized carbons (Fsp3) is 0.105. The Hall–Kier alpha value is -1.78. The van der Waals surface area contributed by atoms with Crippen molar-refractivity contribution < 1.29 is 0 Å². The largest absolute Gasteiger partial charge is 0.287 e. The molecule has 0 saturated heterocycles. The molecular weight excluding hydrogens is 368 g/mol. The standard InChI is InChI=1S/C19H17BrN2S/c1-3-12-23-19-21-13-18(15-8-10-16(20)11-9-15)22(19)17-7-5-4-6-14(17)2/h3-11,13H,1,12H2,2H3. The molecule has 0 aliphatic heterocycles. The van der Waals surface area contributed by atoms with Crippen LogP contribution in [0.5, 0.6) is 0 Å². The lowest BCUT2D eigenvalue weighted by molar-refractivity contribution is 0.894. The van der Waals surface area contributed by atoms with Crippen molar-refractivity contribution in [2.24, 2.45) is 0 Å². The molecule has 0 saturated carbocycles. The van der Waals surface area contributed by atoms with Gasteiger partial charge in [0, 0.05) is 15.8 Å². The summed E-state index contributed by atoms with van der Waals surface area (Å²) in [7, 11) is 0. The third kappa shape index (κ3) is 3.43. The zero-order chi connectivity index (χ0) is 16.2. The zero-order valence-electron chi connectivity index (χ0n) is 12.9. The van der Waals surface area contributed by atoms with Gasteiger partial charge in [0.25, 0.3) is 0 Å². The molecule has 3 aromatic rings. The van der Waals surface area contributed by atoms with Crippen LogP contribution in [0.3, 0.4) is 0 Å². The van der Waals surface area contributed by atoms with Crippen LogP contribution in [-0.2, 0) is 0 Å². The van der Waals surface area contributed by atoms with Gasteiger partial charge in [-0.25, -0.2) is 4.98 Å². The van der Waals surface area contributed by atoms with E-state index in [2.05, 4.69) is 87.5 Å². The van der Waals surface area contributed by atoms with Crippen LogP contribution in [0.4, 0.5) is 0 Å². The fourth-order valence-corrected chi connectivity index (χ4v) is 3.43. The number of nitrogens with zero attached hydrogens (tertiary/aromatic N) is 2. The molecule has 0 N–H and O–H groups in total. The zero-order valence-corrected chi connectivity index (χ0v) is 15.3. The Balaban J connectivity index is 2.17. The van der Waals surface area contributed by atoms with E-state index in [1.165, 1.54) is 5.56 Å². The topological polar surface area (TPSA) is 17.8 Å². The van der Waals surface area contributed by atoms with E-state index in [1.54, 1.807) is 11.8 Å². The molecule has 116 valence electrons. The minimum atomic E-state index is 0.836. The van der Waals surface area contributed by atoms with Gasteiger partial charge < -0.3 is 0 Å². The van der Waals surface area contributed by atoms with Crippen LogP contribution in [0.15, 0.2) is 77.0 Å². The number of rotatable bonds is 5. The van der Waals surface area contributed by atoms with Crippen molar-refractivity contribution in [2.45, 2.75) is 12.1 Å². The van der Waals surface area contributed by atoms with Gasteiger partial charge >= 0.3 is 0 Å². The third-order valence-electron chi connectivity index (χ3n) is 3.56. The third-order valence-corrected chi connectivity index (χ3v) is 5.03. The number of aromatic nitrogens is 2. The van der Waals surface area contributed by atoms with Crippen LogP contribution in [-0.4, -0.2) is 15.3 Å². The predicted octanol–water partition coefficient (Wildman–Crippen LogP) is 5.89. The van der Waals surface area contributed by atoms with Crippen molar-refractivity contribution in [2.75, 3.05) is 5.75 Å². The van der Waals surface area contributed by atoms with E-state index in [4.69, 9.17) is 0 Å². The number of benzene rings is 2. The van der Waals surface area contributed by atoms with Gasteiger partial charge in [0.15, 0.2) is 5.16 Å². The Labute approximate surface area is 149 Å². The second-order valence-corrected chi connectivity index (χ2v) is 7.06. The smallest absolute Gasteiger partial charge is 0.173 e. The van der Waals surface area contributed by atoms with E-state index >= 15 is 0 Å². The Morgan fingerprint density at radius 3 is 2.61 bits per heavy atom. The highest BCUT2D eigenvalue weighted by Crippen LogP contribution is 2.31. The molecule has 0 aliphatic rings. The van der Waals surface area contributed by atoms with Gasteiger partial charge in [0.1, 0.15) is 0 Å². The molecule has 1 heterocycles. The highest BCUT2D eigenvalue weighted by atomic mass is 79.9. The van der Waals surface area contributed by atoms with E-state index in [-0.39, 0.29) is 0 Å². The SMILES string of the molecule is C=CCSc1ncc(-c2ccc(Br)cc2)n1-c1ccccc1C. The van der Waals surface area contributed by atoms with Crippen molar-refractivity contribution in [3.05, 3.63) is 77.4 Å². The highest BCUT2D eigenvalue weighted by molar-refractivity contribution is 9.10. The number of thioether (sulfide) groups is 1. The highest BCUT2D eigenvalue weighted by Gasteiger charge is 2.15. The summed E-state index contributed by atoms with van der Waals surface area (Å²) in [5, 5.41) is 0.983. The Kier molecular flexibility index (Phi) is 5.03.